The zero-order chi connectivity index (χ0) is 15.2. The molecule has 1 aromatic heterocycles. The van der Waals surface area contributed by atoms with Crippen LogP contribution in [0.25, 0.3) is 0 Å². The first kappa shape index (κ1) is 14.4. The van der Waals surface area contributed by atoms with Gasteiger partial charge in [-0.05, 0) is 49.7 Å². The lowest BCUT2D eigenvalue weighted by Crippen LogP contribution is -2.18. The maximum atomic E-state index is 5.79. The Labute approximate surface area is 130 Å². The first-order chi connectivity index (χ1) is 10.8. The zero-order valence-electron chi connectivity index (χ0n) is 12.5. The summed E-state index contributed by atoms with van der Waals surface area (Å²) in [5, 5.41) is 3.35. The fraction of sp³-hybridized carbons (Fsp3) is 0.278. The Kier molecular flexibility index (Phi) is 4.57. The maximum Gasteiger partial charge on any atom is 0.146 e. The summed E-state index contributed by atoms with van der Waals surface area (Å²) in [4.78, 5) is 4.19. The minimum Gasteiger partial charge on any atom is -0.497 e. The molecule has 2 aromatic rings. The van der Waals surface area contributed by atoms with E-state index in [0.717, 1.165) is 30.0 Å². The first-order valence-corrected chi connectivity index (χ1v) is 7.35. The zero-order valence-corrected chi connectivity index (χ0v) is 12.5. The van der Waals surface area contributed by atoms with E-state index in [2.05, 4.69) is 22.1 Å². The lowest BCUT2D eigenvalue weighted by molar-refractivity contribution is 0.412. The van der Waals surface area contributed by atoms with Gasteiger partial charge in [0.05, 0.1) is 19.3 Å². The van der Waals surface area contributed by atoms with E-state index in [0.29, 0.717) is 11.8 Å². The lowest BCUT2D eigenvalue weighted by Gasteiger charge is -2.06. The molecule has 1 atom stereocenters. The highest BCUT2D eigenvalue weighted by Gasteiger charge is 2.09. The van der Waals surface area contributed by atoms with Crippen molar-refractivity contribution in [1.29, 1.82) is 0 Å². The van der Waals surface area contributed by atoms with Crippen molar-refractivity contribution < 1.29 is 9.47 Å². The predicted octanol–water partition coefficient (Wildman–Crippen LogP) is 2.99. The van der Waals surface area contributed by atoms with Crippen LogP contribution in [0, 0.1) is 11.8 Å². The van der Waals surface area contributed by atoms with E-state index in [1.165, 1.54) is 6.42 Å². The standard InChI is InChI=1S/C18H18N2O2/c1-21-16-6-8-17(9-7-16)22-18-11-14(12-19-13-18)4-5-15-3-2-10-20-15/h6-9,11-13,15,20H,2-3,10H2,1H3/t15-/m1/s1. The molecule has 1 aliphatic rings. The summed E-state index contributed by atoms with van der Waals surface area (Å²) in [5.74, 6) is 8.61. The van der Waals surface area contributed by atoms with E-state index in [1.807, 2.05) is 30.3 Å². The van der Waals surface area contributed by atoms with Gasteiger partial charge in [-0.2, -0.15) is 0 Å². The third-order valence-corrected chi connectivity index (χ3v) is 3.46. The SMILES string of the molecule is COc1ccc(Oc2cncc(C#C[C@H]3CCCN3)c2)cc1. The number of hydrogen-bond donors (Lipinski definition) is 1. The molecule has 4 nitrogen and oxygen atoms in total. The van der Waals surface area contributed by atoms with Crippen LogP contribution >= 0.6 is 0 Å². The fourth-order valence-corrected chi connectivity index (χ4v) is 2.30. The van der Waals surface area contributed by atoms with Crippen LogP contribution in [0.4, 0.5) is 0 Å². The van der Waals surface area contributed by atoms with Gasteiger partial charge in [0.15, 0.2) is 0 Å². The number of hydrogen-bond acceptors (Lipinski definition) is 4. The molecule has 0 unspecified atom stereocenters. The van der Waals surface area contributed by atoms with Crippen LogP contribution in [-0.2, 0) is 0 Å². The Morgan fingerprint density at radius 1 is 1.14 bits per heavy atom. The highest BCUT2D eigenvalue weighted by atomic mass is 16.5. The van der Waals surface area contributed by atoms with Crippen molar-refractivity contribution in [3.63, 3.8) is 0 Å². The van der Waals surface area contributed by atoms with Crippen molar-refractivity contribution in [2.75, 3.05) is 13.7 Å². The Hall–Kier alpha value is -2.51. The van der Waals surface area contributed by atoms with Gasteiger partial charge >= 0.3 is 0 Å². The maximum absolute atomic E-state index is 5.79. The topological polar surface area (TPSA) is 43.4 Å². The van der Waals surface area contributed by atoms with E-state index in [-0.39, 0.29) is 0 Å². The van der Waals surface area contributed by atoms with Crippen molar-refractivity contribution in [2.24, 2.45) is 0 Å². The highest BCUT2D eigenvalue weighted by Crippen LogP contribution is 2.23. The second kappa shape index (κ2) is 6.97. The van der Waals surface area contributed by atoms with Crippen molar-refractivity contribution in [1.82, 2.24) is 10.3 Å². The second-order valence-corrected chi connectivity index (χ2v) is 5.11. The molecule has 0 aliphatic carbocycles. The van der Waals surface area contributed by atoms with Gasteiger partial charge in [-0.15, -0.1) is 0 Å². The molecule has 4 heteroatoms. The average Bonchev–Trinajstić information content (AvgIpc) is 3.08. The highest BCUT2D eigenvalue weighted by molar-refractivity contribution is 5.40. The molecule has 1 aromatic carbocycles. The fourth-order valence-electron chi connectivity index (χ4n) is 2.30. The van der Waals surface area contributed by atoms with Crippen molar-refractivity contribution in [3.8, 4) is 29.1 Å². The quantitative estimate of drug-likeness (QED) is 0.884. The third-order valence-electron chi connectivity index (χ3n) is 3.46. The van der Waals surface area contributed by atoms with Gasteiger partial charge in [0.2, 0.25) is 0 Å². The largest absolute Gasteiger partial charge is 0.497 e. The Balaban J connectivity index is 1.70. The molecule has 0 bridgehead atoms. The molecule has 22 heavy (non-hydrogen) atoms. The lowest BCUT2D eigenvalue weighted by atomic mass is 10.2. The van der Waals surface area contributed by atoms with Crippen LogP contribution in [0.2, 0.25) is 0 Å². The van der Waals surface area contributed by atoms with Gasteiger partial charge in [-0.1, -0.05) is 11.8 Å². The number of nitrogens with one attached hydrogen (secondary N) is 1. The van der Waals surface area contributed by atoms with Crippen LogP contribution in [-0.4, -0.2) is 24.7 Å². The van der Waals surface area contributed by atoms with Crippen LogP contribution < -0.4 is 14.8 Å². The van der Waals surface area contributed by atoms with Crippen LogP contribution in [0.1, 0.15) is 18.4 Å². The van der Waals surface area contributed by atoms with Crippen LogP contribution in [0.5, 0.6) is 17.2 Å². The molecule has 1 aliphatic heterocycles. The van der Waals surface area contributed by atoms with Gasteiger partial charge in [0.25, 0.3) is 0 Å². The van der Waals surface area contributed by atoms with Gasteiger partial charge in [0, 0.05) is 11.8 Å². The normalized spacial score (nSPS) is 16.7. The van der Waals surface area contributed by atoms with Crippen molar-refractivity contribution >= 4 is 0 Å². The molecule has 1 N–H and O–H groups in total. The summed E-state index contributed by atoms with van der Waals surface area (Å²) in [7, 11) is 1.64. The summed E-state index contributed by atoms with van der Waals surface area (Å²) < 4.78 is 10.9. The minimum absolute atomic E-state index is 0.297. The minimum atomic E-state index is 0.297. The van der Waals surface area contributed by atoms with Gasteiger partial charge < -0.3 is 14.8 Å². The number of rotatable bonds is 3. The number of aromatic nitrogens is 1. The molecule has 0 spiro atoms. The summed E-state index contributed by atoms with van der Waals surface area (Å²) >= 11 is 0. The molecule has 2 heterocycles. The number of pyridine rings is 1. The number of nitrogens with zero attached hydrogens (tertiary/aromatic N) is 1. The van der Waals surface area contributed by atoms with E-state index in [4.69, 9.17) is 9.47 Å². The number of ether oxygens (including phenoxy) is 2. The van der Waals surface area contributed by atoms with Crippen LogP contribution in [0.15, 0.2) is 42.7 Å². The van der Waals surface area contributed by atoms with Crippen molar-refractivity contribution in [2.45, 2.75) is 18.9 Å². The summed E-state index contributed by atoms with van der Waals surface area (Å²) in [6, 6.07) is 9.64. The summed E-state index contributed by atoms with van der Waals surface area (Å²) in [6.07, 6.45) is 5.74. The predicted molar refractivity (Wildman–Crippen MR) is 85.2 cm³/mol. The molecular formula is C18H18N2O2. The van der Waals surface area contributed by atoms with Crippen molar-refractivity contribution in [3.05, 3.63) is 48.3 Å². The second-order valence-electron chi connectivity index (χ2n) is 5.11. The number of methoxy groups -OCH3 is 1. The molecule has 112 valence electrons. The monoisotopic (exact) mass is 294 g/mol. The smallest absolute Gasteiger partial charge is 0.146 e. The van der Waals surface area contributed by atoms with Gasteiger partial charge in [-0.25, -0.2) is 0 Å². The Bertz CT molecular complexity index is 680. The average molecular weight is 294 g/mol. The van der Waals surface area contributed by atoms with E-state index in [1.54, 1.807) is 19.5 Å². The molecule has 0 amide bonds. The summed E-state index contributed by atoms with van der Waals surface area (Å²) in [6.45, 7) is 1.05. The first-order valence-electron chi connectivity index (χ1n) is 7.35. The number of benzene rings is 1. The molecule has 3 rings (SSSR count). The molecule has 0 saturated carbocycles. The molecule has 1 saturated heterocycles. The Morgan fingerprint density at radius 3 is 2.68 bits per heavy atom. The molecule has 0 radical (unpaired) electrons. The van der Waals surface area contributed by atoms with Gasteiger partial charge in [0.1, 0.15) is 17.2 Å². The van der Waals surface area contributed by atoms with Gasteiger partial charge in [-0.3, -0.25) is 4.98 Å². The van der Waals surface area contributed by atoms with E-state index >= 15 is 0 Å². The molecule has 1 fully saturated rings. The van der Waals surface area contributed by atoms with E-state index < -0.39 is 0 Å². The van der Waals surface area contributed by atoms with E-state index in [9.17, 15) is 0 Å². The van der Waals surface area contributed by atoms with Crippen LogP contribution in [0.3, 0.4) is 0 Å². The summed E-state index contributed by atoms with van der Waals surface area (Å²) in [5.41, 5.74) is 0.861. The third kappa shape index (κ3) is 3.78. The molecular weight excluding hydrogens is 276 g/mol. The Morgan fingerprint density at radius 2 is 1.95 bits per heavy atom.